The third-order valence-corrected chi connectivity index (χ3v) is 3.00. The number of halogens is 1. The van der Waals surface area contributed by atoms with E-state index in [-0.39, 0.29) is 12.4 Å². The number of esters is 1. The number of nitrogens with zero attached hydrogens (tertiary/aromatic N) is 1. The highest BCUT2D eigenvalue weighted by atomic mass is 35.5. The van der Waals surface area contributed by atoms with E-state index < -0.39 is 10.9 Å². The van der Waals surface area contributed by atoms with Gasteiger partial charge in [0.25, 0.3) is 0 Å². The molecule has 0 spiro atoms. The van der Waals surface area contributed by atoms with Crippen molar-refractivity contribution in [3.63, 3.8) is 0 Å². The van der Waals surface area contributed by atoms with Crippen LogP contribution in [0.15, 0.2) is 34.7 Å². The van der Waals surface area contributed by atoms with Gasteiger partial charge in [-0.15, -0.1) is 0 Å². The molecule has 1 heterocycles. The molecule has 0 amide bonds. The van der Waals surface area contributed by atoms with Gasteiger partial charge in [-0.3, -0.25) is 10.1 Å². The van der Waals surface area contributed by atoms with E-state index in [9.17, 15) is 14.9 Å². The number of furan rings is 1. The van der Waals surface area contributed by atoms with E-state index in [4.69, 9.17) is 16.0 Å². The summed E-state index contributed by atoms with van der Waals surface area (Å²) in [5.74, 6) is -0.439. The molecular formula is C13H11ClN2O5. The molecule has 0 aliphatic rings. The summed E-state index contributed by atoms with van der Waals surface area (Å²) < 4.78 is 9.63. The molecule has 0 fully saturated rings. The lowest BCUT2D eigenvalue weighted by molar-refractivity contribution is -0.402. The molecular weight excluding hydrogens is 300 g/mol. The van der Waals surface area contributed by atoms with Crippen LogP contribution in [-0.4, -0.2) is 18.0 Å². The van der Waals surface area contributed by atoms with E-state index in [0.29, 0.717) is 22.0 Å². The standard InChI is InChI=1S/C13H11ClN2O5/c1-20-13(17)8-2-4-10(14)11(6-8)15-7-9-3-5-12(21-9)16(18)19/h2-6,15H,7H2,1H3. The summed E-state index contributed by atoms with van der Waals surface area (Å²) in [4.78, 5) is 21.3. The lowest BCUT2D eigenvalue weighted by Gasteiger charge is -2.08. The van der Waals surface area contributed by atoms with Crippen molar-refractivity contribution >= 4 is 29.1 Å². The number of ether oxygens (including phenoxy) is 1. The zero-order chi connectivity index (χ0) is 15.4. The number of hydrogen-bond donors (Lipinski definition) is 1. The second-order valence-electron chi connectivity index (χ2n) is 4.04. The number of methoxy groups -OCH3 is 1. The summed E-state index contributed by atoms with van der Waals surface area (Å²) >= 11 is 6.01. The molecule has 0 saturated heterocycles. The molecule has 0 unspecified atom stereocenters. The maximum atomic E-state index is 11.4. The van der Waals surface area contributed by atoms with E-state index in [1.807, 2.05) is 0 Å². The largest absolute Gasteiger partial charge is 0.465 e. The molecule has 1 N–H and O–H groups in total. The molecule has 0 aliphatic heterocycles. The molecule has 1 aromatic carbocycles. The van der Waals surface area contributed by atoms with Crippen LogP contribution in [0, 0.1) is 10.1 Å². The van der Waals surface area contributed by atoms with Crippen molar-refractivity contribution in [2.75, 3.05) is 12.4 Å². The summed E-state index contributed by atoms with van der Waals surface area (Å²) in [5, 5.41) is 13.9. The molecule has 0 bridgehead atoms. The first kappa shape index (κ1) is 14.9. The minimum Gasteiger partial charge on any atom is -0.465 e. The monoisotopic (exact) mass is 310 g/mol. The first-order valence-electron chi connectivity index (χ1n) is 5.86. The van der Waals surface area contributed by atoms with Gasteiger partial charge in [0.15, 0.2) is 0 Å². The van der Waals surface area contributed by atoms with Crippen LogP contribution in [0.25, 0.3) is 0 Å². The number of carbonyl (C=O) groups excluding carboxylic acids is 1. The summed E-state index contributed by atoms with van der Waals surface area (Å²) in [6.07, 6.45) is 0. The Hall–Kier alpha value is -2.54. The highest BCUT2D eigenvalue weighted by molar-refractivity contribution is 6.33. The Morgan fingerprint density at radius 3 is 2.81 bits per heavy atom. The summed E-state index contributed by atoms with van der Waals surface area (Å²) in [7, 11) is 1.28. The molecule has 21 heavy (non-hydrogen) atoms. The van der Waals surface area contributed by atoms with E-state index in [2.05, 4.69) is 10.1 Å². The summed E-state index contributed by atoms with van der Waals surface area (Å²) in [6, 6.07) is 7.38. The summed E-state index contributed by atoms with van der Waals surface area (Å²) in [5.41, 5.74) is 0.841. The maximum absolute atomic E-state index is 11.4. The van der Waals surface area contributed by atoms with Crippen LogP contribution < -0.4 is 5.32 Å². The smallest absolute Gasteiger partial charge is 0.433 e. The minimum atomic E-state index is -0.617. The number of anilines is 1. The third kappa shape index (κ3) is 3.51. The SMILES string of the molecule is COC(=O)c1ccc(Cl)c(NCc2ccc([N+](=O)[O-])o2)c1. The first-order chi connectivity index (χ1) is 10.0. The Bertz CT molecular complexity index is 683. The van der Waals surface area contributed by atoms with Crippen molar-refractivity contribution in [1.82, 2.24) is 0 Å². The van der Waals surface area contributed by atoms with Crippen molar-refractivity contribution in [3.05, 3.63) is 56.8 Å². The fourth-order valence-electron chi connectivity index (χ4n) is 1.65. The molecule has 0 atom stereocenters. The fourth-order valence-corrected chi connectivity index (χ4v) is 1.83. The number of hydrogen-bond acceptors (Lipinski definition) is 6. The van der Waals surface area contributed by atoms with Crippen LogP contribution in [0.5, 0.6) is 0 Å². The van der Waals surface area contributed by atoms with Crippen LogP contribution in [0.2, 0.25) is 5.02 Å². The van der Waals surface area contributed by atoms with Crippen molar-refractivity contribution in [1.29, 1.82) is 0 Å². The molecule has 7 nitrogen and oxygen atoms in total. The molecule has 110 valence electrons. The Morgan fingerprint density at radius 2 is 2.19 bits per heavy atom. The van der Waals surface area contributed by atoms with Crippen molar-refractivity contribution in [2.24, 2.45) is 0 Å². The van der Waals surface area contributed by atoms with Gasteiger partial charge in [0.2, 0.25) is 0 Å². The van der Waals surface area contributed by atoms with Crippen LogP contribution in [0.4, 0.5) is 11.6 Å². The normalized spacial score (nSPS) is 10.2. The Labute approximate surface area is 124 Å². The van der Waals surface area contributed by atoms with Crippen molar-refractivity contribution < 1.29 is 18.9 Å². The molecule has 0 aliphatic carbocycles. The Balaban J connectivity index is 2.11. The van der Waals surface area contributed by atoms with E-state index in [0.717, 1.165) is 0 Å². The van der Waals surface area contributed by atoms with Gasteiger partial charge in [-0.2, -0.15) is 0 Å². The van der Waals surface area contributed by atoms with Crippen LogP contribution in [0.1, 0.15) is 16.1 Å². The number of nitrogens with one attached hydrogen (secondary N) is 1. The van der Waals surface area contributed by atoms with Gasteiger partial charge >= 0.3 is 11.9 Å². The third-order valence-electron chi connectivity index (χ3n) is 2.67. The molecule has 2 aromatic rings. The molecule has 8 heteroatoms. The van der Waals surface area contributed by atoms with Gasteiger partial charge in [0.1, 0.15) is 10.7 Å². The lowest BCUT2D eigenvalue weighted by atomic mass is 10.2. The molecule has 0 radical (unpaired) electrons. The number of carbonyl (C=O) groups is 1. The quantitative estimate of drug-likeness (QED) is 0.517. The second-order valence-corrected chi connectivity index (χ2v) is 4.44. The molecule has 2 rings (SSSR count). The number of benzene rings is 1. The van der Waals surface area contributed by atoms with Gasteiger partial charge < -0.3 is 14.5 Å². The average molecular weight is 311 g/mol. The fraction of sp³-hybridized carbons (Fsp3) is 0.154. The number of nitro groups is 1. The van der Waals surface area contributed by atoms with E-state index >= 15 is 0 Å². The zero-order valence-electron chi connectivity index (χ0n) is 11.0. The van der Waals surface area contributed by atoms with Gasteiger partial charge in [-0.25, -0.2) is 4.79 Å². The topological polar surface area (TPSA) is 94.6 Å². The second kappa shape index (κ2) is 6.27. The Kier molecular flexibility index (Phi) is 4.44. The highest BCUT2D eigenvalue weighted by Gasteiger charge is 2.13. The van der Waals surface area contributed by atoms with Crippen LogP contribution >= 0.6 is 11.6 Å². The van der Waals surface area contributed by atoms with Gasteiger partial charge in [0, 0.05) is 0 Å². The van der Waals surface area contributed by atoms with Crippen LogP contribution in [0.3, 0.4) is 0 Å². The predicted molar refractivity (Wildman–Crippen MR) is 75.5 cm³/mol. The van der Waals surface area contributed by atoms with Crippen molar-refractivity contribution in [2.45, 2.75) is 6.54 Å². The first-order valence-corrected chi connectivity index (χ1v) is 6.24. The van der Waals surface area contributed by atoms with Crippen molar-refractivity contribution in [3.8, 4) is 0 Å². The van der Waals surface area contributed by atoms with Crippen LogP contribution in [-0.2, 0) is 11.3 Å². The highest BCUT2D eigenvalue weighted by Crippen LogP contribution is 2.25. The zero-order valence-corrected chi connectivity index (χ0v) is 11.7. The predicted octanol–water partition coefficient (Wildman–Crippen LogP) is 3.24. The van der Waals surface area contributed by atoms with Gasteiger partial charge in [0.05, 0.1) is 36.0 Å². The molecule has 1 aromatic heterocycles. The van der Waals surface area contributed by atoms with Gasteiger partial charge in [-0.05, 0) is 24.3 Å². The summed E-state index contributed by atoms with van der Waals surface area (Å²) in [6.45, 7) is 0.193. The van der Waals surface area contributed by atoms with Gasteiger partial charge in [-0.1, -0.05) is 11.6 Å². The van der Waals surface area contributed by atoms with E-state index in [1.165, 1.54) is 31.4 Å². The maximum Gasteiger partial charge on any atom is 0.433 e. The average Bonchev–Trinajstić information content (AvgIpc) is 2.94. The molecule has 0 saturated carbocycles. The minimum absolute atomic E-state index is 0.193. The lowest BCUT2D eigenvalue weighted by Crippen LogP contribution is -2.04. The number of rotatable bonds is 5. The van der Waals surface area contributed by atoms with E-state index in [1.54, 1.807) is 6.07 Å². The Morgan fingerprint density at radius 1 is 1.43 bits per heavy atom.